The minimum atomic E-state index is -4.44. The standard InChI is InChI=1S/C23H17F3O/c1-27-20-14-11-18(12-15-20)21(17-7-3-2-4-8-17)16-13-19-9-5-6-10-22(19)23(24,25)26/h2-12,14-15,21H,1H3. The van der Waals surface area contributed by atoms with Crippen LogP contribution in [0.15, 0.2) is 78.9 Å². The lowest BCUT2D eigenvalue weighted by molar-refractivity contribution is -0.137. The SMILES string of the molecule is COc1ccc(C(C#Cc2ccccc2C(F)(F)F)c2ccccc2)cc1. The molecule has 0 radical (unpaired) electrons. The van der Waals surface area contributed by atoms with Gasteiger partial charge in [-0.05, 0) is 35.4 Å². The van der Waals surface area contributed by atoms with E-state index in [9.17, 15) is 13.2 Å². The van der Waals surface area contributed by atoms with Gasteiger partial charge in [0.2, 0.25) is 0 Å². The molecule has 1 nitrogen and oxygen atoms in total. The Morgan fingerprint density at radius 2 is 1.37 bits per heavy atom. The molecular formula is C23H17F3O. The van der Waals surface area contributed by atoms with E-state index in [2.05, 4.69) is 11.8 Å². The van der Waals surface area contributed by atoms with Crippen LogP contribution in [0.3, 0.4) is 0 Å². The summed E-state index contributed by atoms with van der Waals surface area (Å²) in [5, 5.41) is 0. The Bertz CT molecular complexity index is 949. The monoisotopic (exact) mass is 366 g/mol. The van der Waals surface area contributed by atoms with Gasteiger partial charge in [0.15, 0.2) is 0 Å². The van der Waals surface area contributed by atoms with E-state index in [0.717, 1.165) is 17.2 Å². The maximum Gasteiger partial charge on any atom is 0.417 e. The Morgan fingerprint density at radius 3 is 2.00 bits per heavy atom. The molecule has 3 rings (SSSR count). The van der Waals surface area contributed by atoms with Crippen molar-refractivity contribution in [3.8, 4) is 17.6 Å². The van der Waals surface area contributed by atoms with Crippen LogP contribution in [0, 0.1) is 11.8 Å². The molecule has 4 heteroatoms. The highest BCUT2D eigenvalue weighted by atomic mass is 19.4. The summed E-state index contributed by atoms with van der Waals surface area (Å²) in [5.74, 6) is 6.13. The van der Waals surface area contributed by atoms with Gasteiger partial charge in [-0.1, -0.05) is 66.4 Å². The number of benzene rings is 3. The van der Waals surface area contributed by atoms with Crippen molar-refractivity contribution in [2.24, 2.45) is 0 Å². The lowest BCUT2D eigenvalue weighted by Gasteiger charge is -2.13. The van der Waals surface area contributed by atoms with Gasteiger partial charge in [0.25, 0.3) is 0 Å². The molecule has 0 heterocycles. The van der Waals surface area contributed by atoms with Crippen LogP contribution in [0.2, 0.25) is 0 Å². The second-order valence-corrected chi connectivity index (χ2v) is 5.93. The van der Waals surface area contributed by atoms with Crippen molar-refractivity contribution in [1.29, 1.82) is 0 Å². The fourth-order valence-electron chi connectivity index (χ4n) is 2.79. The fraction of sp³-hybridized carbons (Fsp3) is 0.130. The number of halogens is 3. The van der Waals surface area contributed by atoms with Gasteiger partial charge in [0.05, 0.1) is 18.6 Å². The average Bonchev–Trinajstić information content (AvgIpc) is 2.69. The van der Waals surface area contributed by atoms with Crippen molar-refractivity contribution in [1.82, 2.24) is 0 Å². The molecule has 0 aliphatic heterocycles. The zero-order valence-corrected chi connectivity index (χ0v) is 14.6. The van der Waals surface area contributed by atoms with Gasteiger partial charge in [0.1, 0.15) is 5.75 Å². The summed E-state index contributed by atoms with van der Waals surface area (Å²) >= 11 is 0. The second kappa shape index (κ2) is 8.01. The molecule has 1 unspecified atom stereocenters. The number of hydrogen-bond acceptors (Lipinski definition) is 1. The molecule has 0 saturated heterocycles. The molecule has 136 valence electrons. The van der Waals surface area contributed by atoms with E-state index in [4.69, 9.17) is 4.74 Å². The second-order valence-electron chi connectivity index (χ2n) is 5.93. The van der Waals surface area contributed by atoms with E-state index >= 15 is 0 Å². The minimum absolute atomic E-state index is 0.0283. The Kier molecular flexibility index (Phi) is 5.52. The summed E-state index contributed by atoms with van der Waals surface area (Å²) in [6.07, 6.45) is -4.44. The highest BCUT2D eigenvalue weighted by molar-refractivity contribution is 5.48. The number of alkyl halides is 3. The topological polar surface area (TPSA) is 9.23 Å². The first kappa shape index (κ1) is 18.6. The van der Waals surface area contributed by atoms with Crippen LogP contribution < -0.4 is 4.74 Å². The van der Waals surface area contributed by atoms with Gasteiger partial charge in [-0.3, -0.25) is 0 Å². The van der Waals surface area contributed by atoms with Gasteiger partial charge in [-0.25, -0.2) is 0 Å². The van der Waals surface area contributed by atoms with Gasteiger partial charge in [-0.2, -0.15) is 13.2 Å². The molecule has 0 amide bonds. The molecule has 1 atom stereocenters. The van der Waals surface area contributed by atoms with Crippen molar-refractivity contribution in [2.75, 3.05) is 7.11 Å². The van der Waals surface area contributed by atoms with E-state index < -0.39 is 11.7 Å². The van der Waals surface area contributed by atoms with Crippen LogP contribution in [-0.4, -0.2) is 7.11 Å². The van der Waals surface area contributed by atoms with Crippen molar-refractivity contribution >= 4 is 0 Å². The van der Waals surface area contributed by atoms with Crippen molar-refractivity contribution < 1.29 is 17.9 Å². The van der Waals surface area contributed by atoms with Gasteiger partial charge < -0.3 is 4.74 Å². The lowest BCUT2D eigenvalue weighted by atomic mass is 9.91. The molecule has 0 spiro atoms. The maximum atomic E-state index is 13.2. The molecule has 0 aliphatic rings. The first-order valence-corrected chi connectivity index (χ1v) is 8.35. The van der Waals surface area contributed by atoms with Gasteiger partial charge >= 0.3 is 6.18 Å². The van der Waals surface area contributed by atoms with E-state index in [1.165, 1.54) is 12.1 Å². The van der Waals surface area contributed by atoms with Crippen LogP contribution in [0.4, 0.5) is 13.2 Å². The number of ether oxygens (including phenoxy) is 1. The molecule has 0 fully saturated rings. The summed E-state index contributed by atoms with van der Waals surface area (Å²) in [5.41, 5.74) is 1.05. The zero-order chi connectivity index (χ0) is 19.3. The number of rotatable bonds is 3. The molecule has 0 saturated carbocycles. The zero-order valence-electron chi connectivity index (χ0n) is 14.6. The molecule has 0 aliphatic carbocycles. The molecule has 27 heavy (non-hydrogen) atoms. The smallest absolute Gasteiger partial charge is 0.417 e. The summed E-state index contributed by atoms with van der Waals surface area (Å²) in [7, 11) is 1.58. The summed E-state index contributed by atoms with van der Waals surface area (Å²) < 4.78 is 44.8. The summed E-state index contributed by atoms with van der Waals surface area (Å²) in [6, 6.07) is 22.2. The van der Waals surface area contributed by atoms with Crippen LogP contribution in [-0.2, 0) is 6.18 Å². The summed E-state index contributed by atoms with van der Waals surface area (Å²) in [4.78, 5) is 0. The largest absolute Gasteiger partial charge is 0.497 e. The van der Waals surface area contributed by atoms with E-state index in [1.54, 1.807) is 13.2 Å². The number of hydrogen-bond donors (Lipinski definition) is 0. The third-order valence-electron chi connectivity index (χ3n) is 4.17. The molecule has 0 aromatic heterocycles. The van der Waals surface area contributed by atoms with E-state index in [0.29, 0.717) is 5.75 Å². The highest BCUT2D eigenvalue weighted by Gasteiger charge is 2.32. The molecule has 3 aromatic carbocycles. The summed E-state index contributed by atoms with van der Waals surface area (Å²) in [6.45, 7) is 0. The predicted molar refractivity (Wildman–Crippen MR) is 99.6 cm³/mol. The normalized spacial score (nSPS) is 12.0. The molecular weight excluding hydrogens is 349 g/mol. The molecule has 3 aromatic rings. The van der Waals surface area contributed by atoms with Gasteiger partial charge in [-0.15, -0.1) is 0 Å². The van der Waals surface area contributed by atoms with Crippen LogP contribution in [0.1, 0.15) is 28.2 Å². The molecule has 0 N–H and O–H groups in total. The Balaban J connectivity index is 2.05. The Morgan fingerprint density at radius 1 is 0.778 bits per heavy atom. The minimum Gasteiger partial charge on any atom is -0.497 e. The average molecular weight is 366 g/mol. The van der Waals surface area contributed by atoms with Gasteiger partial charge in [0, 0.05) is 5.56 Å². The quantitative estimate of drug-likeness (QED) is 0.525. The lowest BCUT2D eigenvalue weighted by Crippen LogP contribution is -2.07. The molecule has 0 bridgehead atoms. The van der Waals surface area contributed by atoms with Crippen LogP contribution >= 0.6 is 0 Å². The predicted octanol–water partition coefficient (Wildman–Crippen LogP) is 5.90. The van der Waals surface area contributed by atoms with E-state index in [-0.39, 0.29) is 11.5 Å². The van der Waals surface area contributed by atoms with Crippen molar-refractivity contribution in [3.63, 3.8) is 0 Å². The fourth-order valence-corrected chi connectivity index (χ4v) is 2.79. The highest BCUT2D eigenvalue weighted by Crippen LogP contribution is 2.32. The third kappa shape index (κ3) is 4.51. The maximum absolute atomic E-state index is 13.2. The third-order valence-corrected chi connectivity index (χ3v) is 4.17. The van der Waals surface area contributed by atoms with Crippen LogP contribution in [0.5, 0.6) is 5.75 Å². The Labute approximate surface area is 156 Å². The van der Waals surface area contributed by atoms with Crippen LogP contribution in [0.25, 0.3) is 0 Å². The first-order chi connectivity index (χ1) is 13.0. The van der Waals surface area contributed by atoms with E-state index in [1.807, 2.05) is 54.6 Å². The first-order valence-electron chi connectivity index (χ1n) is 8.35. The van der Waals surface area contributed by atoms with Crippen molar-refractivity contribution in [2.45, 2.75) is 12.1 Å². The Hall–Kier alpha value is -3.19. The number of methoxy groups -OCH3 is 1. The van der Waals surface area contributed by atoms with Crippen molar-refractivity contribution in [3.05, 3.63) is 101 Å².